The molecule has 0 saturated carbocycles. The molecule has 0 spiro atoms. The van der Waals surface area contributed by atoms with Crippen molar-refractivity contribution >= 4 is 33.3 Å². The number of hydrogen-bond donors (Lipinski definition) is 0. The fourth-order valence-corrected chi connectivity index (χ4v) is 4.95. The van der Waals surface area contributed by atoms with Crippen molar-refractivity contribution in [3.8, 4) is 0 Å². The maximum Gasteiger partial charge on any atom is 0.338 e. The standard InChI is InChI=1S/C20H23ClN2O4S/c1-14-5-7-17(13-18(14)20(24)27-3)28(25,26)23-10-8-22(9-11-23)19-12-16(21)6-4-15(19)2/h4-7,12-13H,8-11H2,1-3H3. The van der Waals surface area contributed by atoms with E-state index >= 15 is 0 Å². The molecule has 0 radical (unpaired) electrons. The first kappa shape index (κ1) is 20.6. The van der Waals surface area contributed by atoms with E-state index < -0.39 is 16.0 Å². The van der Waals surface area contributed by atoms with Crippen LogP contribution in [0.2, 0.25) is 5.02 Å². The minimum Gasteiger partial charge on any atom is -0.465 e. The molecule has 2 aromatic carbocycles. The number of rotatable bonds is 4. The van der Waals surface area contributed by atoms with Crippen LogP contribution in [-0.2, 0) is 14.8 Å². The molecule has 1 saturated heterocycles. The minimum atomic E-state index is -3.69. The Hall–Kier alpha value is -2.09. The number of piperazine rings is 1. The van der Waals surface area contributed by atoms with Crippen molar-refractivity contribution in [3.63, 3.8) is 0 Å². The van der Waals surface area contributed by atoms with Crippen molar-refractivity contribution in [1.82, 2.24) is 4.31 Å². The van der Waals surface area contributed by atoms with Crippen LogP contribution < -0.4 is 4.90 Å². The summed E-state index contributed by atoms with van der Waals surface area (Å²) in [4.78, 5) is 14.1. The molecular formula is C20H23ClN2O4S. The number of nitrogens with zero attached hydrogens (tertiary/aromatic N) is 2. The van der Waals surface area contributed by atoms with E-state index in [1.54, 1.807) is 13.0 Å². The molecule has 1 fully saturated rings. The molecule has 0 amide bonds. The second kappa shape index (κ2) is 8.11. The number of esters is 1. The Morgan fingerprint density at radius 1 is 1.00 bits per heavy atom. The van der Waals surface area contributed by atoms with E-state index in [1.165, 1.54) is 23.5 Å². The summed E-state index contributed by atoms with van der Waals surface area (Å²) in [5.74, 6) is -0.546. The zero-order valence-corrected chi connectivity index (χ0v) is 17.7. The third-order valence-corrected chi connectivity index (χ3v) is 7.13. The first-order valence-electron chi connectivity index (χ1n) is 8.94. The number of aryl methyl sites for hydroxylation is 2. The van der Waals surface area contributed by atoms with Crippen LogP contribution in [0.3, 0.4) is 0 Å². The minimum absolute atomic E-state index is 0.103. The van der Waals surface area contributed by atoms with Crippen molar-refractivity contribution in [1.29, 1.82) is 0 Å². The second-order valence-corrected chi connectivity index (χ2v) is 9.16. The molecule has 1 aliphatic rings. The maximum atomic E-state index is 13.1. The number of hydrogen-bond acceptors (Lipinski definition) is 5. The van der Waals surface area contributed by atoms with Gasteiger partial charge >= 0.3 is 5.97 Å². The van der Waals surface area contributed by atoms with Gasteiger partial charge in [-0.05, 0) is 49.2 Å². The first-order chi connectivity index (χ1) is 13.2. The molecule has 1 aliphatic heterocycles. The molecule has 0 atom stereocenters. The summed E-state index contributed by atoms with van der Waals surface area (Å²) < 4.78 is 32.3. The van der Waals surface area contributed by atoms with E-state index in [-0.39, 0.29) is 10.5 Å². The third kappa shape index (κ3) is 4.01. The van der Waals surface area contributed by atoms with Crippen molar-refractivity contribution in [3.05, 3.63) is 58.1 Å². The predicted molar refractivity (Wildman–Crippen MR) is 110 cm³/mol. The van der Waals surface area contributed by atoms with Crippen molar-refractivity contribution in [2.45, 2.75) is 18.7 Å². The van der Waals surface area contributed by atoms with Crippen LogP contribution in [0.4, 0.5) is 5.69 Å². The van der Waals surface area contributed by atoms with E-state index in [9.17, 15) is 13.2 Å². The molecule has 0 aromatic heterocycles. The van der Waals surface area contributed by atoms with Gasteiger partial charge in [0.05, 0.1) is 17.6 Å². The van der Waals surface area contributed by atoms with E-state index in [0.717, 1.165) is 11.3 Å². The summed E-state index contributed by atoms with van der Waals surface area (Å²) >= 11 is 6.11. The van der Waals surface area contributed by atoms with Crippen molar-refractivity contribution < 1.29 is 17.9 Å². The quantitative estimate of drug-likeness (QED) is 0.707. The summed E-state index contributed by atoms with van der Waals surface area (Å²) in [6.07, 6.45) is 0. The number of halogens is 1. The van der Waals surface area contributed by atoms with Gasteiger partial charge in [-0.1, -0.05) is 23.7 Å². The van der Waals surface area contributed by atoms with Crippen LogP contribution in [0, 0.1) is 13.8 Å². The number of sulfonamides is 1. The van der Waals surface area contributed by atoms with Crippen LogP contribution in [0.5, 0.6) is 0 Å². The van der Waals surface area contributed by atoms with Crippen LogP contribution in [-0.4, -0.2) is 52.0 Å². The number of methoxy groups -OCH3 is 1. The van der Waals surface area contributed by atoms with Gasteiger partial charge < -0.3 is 9.64 Å². The highest BCUT2D eigenvalue weighted by molar-refractivity contribution is 7.89. The highest BCUT2D eigenvalue weighted by Crippen LogP contribution is 2.27. The lowest BCUT2D eigenvalue weighted by atomic mass is 10.1. The molecule has 0 unspecified atom stereocenters. The van der Waals surface area contributed by atoms with E-state index in [4.69, 9.17) is 16.3 Å². The van der Waals surface area contributed by atoms with E-state index in [1.807, 2.05) is 25.1 Å². The number of anilines is 1. The van der Waals surface area contributed by atoms with Gasteiger partial charge in [0.1, 0.15) is 0 Å². The molecule has 150 valence electrons. The van der Waals surface area contributed by atoms with Gasteiger partial charge in [0.2, 0.25) is 10.0 Å². The zero-order valence-electron chi connectivity index (χ0n) is 16.1. The highest BCUT2D eigenvalue weighted by atomic mass is 35.5. The molecule has 0 N–H and O–H groups in total. The zero-order chi connectivity index (χ0) is 20.5. The molecule has 28 heavy (non-hydrogen) atoms. The first-order valence-corrected chi connectivity index (χ1v) is 10.8. The van der Waals surface area contributed by atoms with Gasteiger partial charge in [-0.25, -0.2) is 13.2 Å². The predicted octanol–water partition coefficient (Wildman–Crippen LogP) is 3.25. The molecule has 2 aromatic rings. The Morgan fingerprint density at radius 2 is 1.64 bits per heavy atom. The summed E-state index contributed by atoms with van der Waals surface area (Å²) in [6.45, 7) is 5.60. The lowest BCUT2D eigenvalue weighted by Gasteiger charge is -2.36. The Labute approximate surface area is 170 Å². The van der Waals surface area contributed by atoms with Gasteiger partial charge in [0, 0.05) is 36.9 Å². The number of carbonyl (C=O) groups excluding carboxylic acids is 1. The van der Waals surface area contributed by atoms with Gasteiger partial charge in [0.15, 0.2) is 0 Å². The number of carbonyl (C=O) groups is 1. The van der Waals surface area contributed by atoms with Crippen LogP contribution in [0.1, 0.15) is 21.5 Å². The number of ether oxygens (including phenoxy) is 1. The van der Waals surface area contributed by atoms with Gasteiger partial charge in [-0.2, -0.15) is 4.31 Å². The van der Waals surface area contributed by atoms with Crippen LogP contribution in [0.15, 0.2) is 41.3 Å². The third-order valence-electron chi connectivity index (χ3n) is 5.00. The largest absolute Gasteiger partial charge is 0.465 e. The Kier molecular flexibility index (Phi) is 5.98. The average molecular weight is 423 g/mol. The van der Waals surface area contributed by atoms with Gasteiger partial charge in [-0.15, -0.1) is 0 Å². The highest BCUT2D eigenvalue weighted by Gasteiger charge is 2.30. The fraction of sp³-hybridized carbons (Fsp3) is 0.350. The molecule has 3 rings (SSSR count). The topological polar surface area (TPSA) is 66.9 Å². The maximum absolute atomic E-state index is 13.1. The average Bonchev–Trinajstić information content (AvgIpc) is 2.69. The van der Waals surface area contributed by atoms with Crippen LogP contribution in [0.25, 0.3) is 0 Å². The summed E-state index contributed by atoms with van der Waals surface area (Å²) in [5.41, 5.74) is 3.05. The lowest BCUT2D eigenvalue weighted by molar-refractivity contribution is 0.0599. The second-order valence-electron chi connectivity index (χ2n) is 6.79. The molecular weight excluding hydrogens is 400 g/mol. The molecule has 0 bridgehead atoms. The van der Waals surface area contributed by atoms with Crippen molar-refractivity contribution in [2.75, 3.05) is 38.2 Å². The SMILES string of the molecule is COC(=O)c1cc(S(=O)(=O)N2CCN(c3cc(Cl)ccc3C)CC2)ccc1C. The summed E-state index contributed by atoms with van der Waals surface area (Å²) in [6, 6.07) is 10.3. The van der Waals surface area contributed by atoms with Gasteiger partial charge in [0.25, 0.3) is 0 Å². The van der Waals surface area contributed by atoms with Crippen molar-refractivity contribution in [2.24, 2.45) is 0 Å². The molecule has 8 heteroatoms. The number of benzene rings is 2. The van der Waals surface area contributed by atoms with Crippen LogP contribution >= 0.6 is 11.6 Å². The lowest BCUT2D eigenvalue weighted by Crippen LogP contribution is -2.48. The Bertz CT molecular complexity index is 999. The summed E-state index contributed by atoms with van der Waals surface area (Å²) in [5, 5.41) is 0.658. The smallest absolute Gasteiger partial charge is 0.338 e. The fourth-order valence-electron chi connectivity index (χ4n) is 3.33. The monoisotopic (exact) mass is 422 g/mol. The van der Waals surface area contributed by atoms with E-state index in [0.29, 0.717) is 36.8 Å². The molecule has 1 heterocycles. The van der Waals surface area contributed by atoms with Gasteiger partial charge in [-0.3, -0.25) is 0 Å². The summed E-state index contributed by atoms with van der Waals surface area (Å²) in [7, 11) is -2.42. The molecule has 6 nitrogen and oxygen atoms in total. The molecule has 0 aliphatic carbocycles. The Balaban J connectivity index is 1.80. The Morgan fingerprint density at radius 3 is 2.29 bits per heavy atom. The van der Waals surface area contributed by atoms with E-state index in [2.05, 4.69) is 4.90 Å². The normalized spacial score (nSPS) is 15.5.